The van der Waals surface area contributed by atoms with Crippen molar-refractivity contribution in [3.63, 3.8) is 0 Å². The molecule has 0 spiro atoms. The third-order valence-corrected chi connectivity index (χ3v) is 8.04. The van der Waals surface area contributed by atoms with Crippen LogP contribution < -0.4 is 21.3 Å². The average molecular weight is 524 g/mol. The number of hydrogen-bond donors (Lipinski definition) is 2. The molecule has 5 rings (SSSR count). The van der Waals surface area contributed by atoms with Gasteiger partial charge in [0.1, 0.15) is 12.4 Å². The van der Waals surface area contributed by atoms with Gasteiger partial charge in [0.05, 0.1) is 16.9 Å². The fourth-order valence-corrected chi connectivity index (χ4v) is 5.95. The zero-order valence-electron chi connectivity index (χ0n) is 24.1. The van der Waals surface area contributed by atoms with Gasteiger partial charge in [0.15, 0.2) is 0 Å². The number of nitrogens with zero attached hydrogens (tertiary/aromatic N) is 3. The highest BCUT2D eigenvalue weighted by Gasteiger charge is 2.31. The molecule has 1 aliphatic heterocycles. The van der Waals surface area contributed by atoms with E-state index in [9.17, 15) is 0 Å². The molecule has 1 aliphatic rings. The number of rotatable bonds is 5. The minimum absolute atomic E-state index is 0.0119. The summed E-state index contributed by atoms with van der Waals surface area (Å²) in [5.41, 5.74) is 16.5. The summed E-state index contributed by atoms with van der Waals surface area (Å²) in [5.74, 6) is 7.19. The summed E-state index contributed by atoms with van der Waals surface area (Å²) in [6, 6.07) is 19.4. The number of hydrazine groups is 1. The van der Waals surface area contributed by atoms with Crippen molar-refractivity contribution in [3.8, 4) is 5.75 Å². The smallest absolute Gasteiger partial charge is 0.134 e. The number of hydrogen-bond acceptors (Lipinski definition) is 6. The maximum Gasteiger partial charge on any atom is 0.134 e. The number of anilines is 2. The second kappa shape index (κ2) is 10.5. The van der Waals surface area contributed by atoms with Gasteiger partial charge in [-0.1, -0.05) is 57.2 Å². The summed E-state index contributed by atoms with van der Waals surface area (Å²) in [6.45, 7) is 14.4. The SMILES string of the molecule is Cc1ccc(C(c2ccc(N(C)N)c(N)c2C)C(C)(C)C)cc1CN1CCOc2c(cnc3ccccc23)C1. The summed E-state index contributed by atoms with van der Waals surface area (Å²) in [7, 11) is 1.82. The predicted octanol–water partition coefficient (Wildman–Crippen LogP) is 6.32. The van der Waals surface area contributed by atoms with Crippen LogP contribution in [0.4, 0.5) is 11.4 Å². The lowest BCUT2D eigenvalue weighted by molar-refractivity contribution is 0.220. The Morgan fingerprint density at radius 2 is 1.85 bits per heavy atom. The number of nitrogen functional groups attached to an aromatic ring is 1. The maximum absolute atomic E-state index is 6.56. The highest BCUT2D eigenvalue weighted by molar-refractivity contribution is 5.86. The van der Waals surface area contributed by atoms with E-state index in [2.05, 4.69) is 69.9 Å². The maximum atomic E-state index is 6.56. The molecular weight excluding hydrogens is 482 g/mol. The molecule has 2 heterocycles. The molecule has 39 heavy (non-hydrogen) atoms. The molecule has 0 amide bonds. The Labute approximate surface area is 232 Å². The van der Waals surface area contributed by atoms with Gasteiger partial charge in [0.25, 0.3) is 0 Å². The Bertz CT molecular complexity index is 1500. The number of benzene rings is 3. The summed E-state index contributed by atoms with van der Waals surface area (Å²) >= 11 is 0. The van der Waals surface area contributed by atoms with Crippen molar-refractivity contribution in [3.05, 3.63) is 94.2 Å². The number of para-hydroxylation sites is 1. The van der Waals surface area contributed by atoms with E-state index in [1.165, 1.54) is 22.3 Å². The van der Waals surface area contributed by atoms with Gasteiger partial charge in [-0.05, 0) is 65.3 Å². The van der Waals surface area contributed by atoms with Crippen LogP contribution >= 0.6 is 0 Å². The van der Waals surface area contributed by atoms with Crippen molar-refractivity contribution in [2.45, 2.75) is 53.6 Å². The first-order valence-electron chi connectivity index (χ1n) is 13.7. The number of nitrogens with two attached hydrogens (primary N) is 2. The standard InChI is InChI=1S/C33H41N5O/c1-21-11-12-23(30(33(3,4)5)26-13-14-29(37(6)35)31(34)22(26)2)17-24(21)19-38-15-16-39-32-25(20-38)18-36-28-10-8-7-9-27(28)32/h7-14,17-18,30H,15-16,19-20,34-35H2,1-6H3. The molecule has 6 nitrogen and oxygen atoms in total. The van der Waals surface area contributed by atoms with Crippen molar-refractivity contribution in [2.24, 2.45) is 11.3 Å². The number of ether oxygens (including phenoxy) is 1. The topological polar surface area (TPSA) is 80.6 Å². The molecule has 0 fully saturated rings. The van der Waals surface area contributed by atoms with Crippen molar-refractivity contribution in [1.29, 1.82) is 0 Å². The summed E-state index contributed by atoms with van der Waals surface area (Å²) in [4.78, 5) is 7.17. The van der Waals surface area contributed by atoms with E-state index in [1.54, 1.807) is 5.01 Å². The Balaban J connectivity index is 1.48. The van der Waals surface area contributed by atoms with Gasteiger partial charge in [-0.25, -0.2) is 5.84 Å². The van der Waals surface area contributed by atoms with Crippen LogP contribution in [0.5, 0.6) is 5.75 Å². The number of aryl methyl sites for hydroxylation is 1. The molecule has 3 aromatic carbocycles. The Hall–Kier alpha value is -3.61. The molecule has 204 valence electrons. The third-order valence-electron chi connectivity index (χ3n) is 8.04. The number of aromatic nitrogens is 1. The fraction of sp³-hybridized carbons (Fsp3) is 0.364. The molecule has 0 bridgehead atoms. The molecule has 0 saturated carbocycles. The van der Waals surface area contributed by atoms with Gasteiger partial charge in [-0.2, -0.15) is 0 Å². The summed E-state index contributed by atoms with van der Waals surface area (Å²) in [6.07, 6.45) is 1.98. The van der Waals surface area contributed by atoms with Gasteiger partial charge in [-0.3, -0.25) is 9.88 Å². The molecule has 0 aliphatic carbocycles. The molecule has 1 unspecified atom stereocenters. The molecule has 4 aromatic rings. The lowest BCUT2D eigenvalue weighted by Gasteiger charge is -2.34. The van der Waals surface area contributed by atoms with Crippen molar-refractivity contribution in [2.75, 3.05) is 30.9 Å². The number of pyridine rings is 1. The van der Waals surface area contributed by atoms with Crippen molar-refractivity contribution in [1.82, 2.24) is 9.88 Å². The average Bonchev–Trinajstić information content (AvgIpc) is 3.09. The normalized spacial score (nSPS) is 14.9. The van der Waals surface area contributed by atoms with E-state index < -0.39 is 0 Å². The second-order valence-corrected chi connectivity index (χ2v) is 12.0. The zero-order valence-corrected chi connectivity index (χ0v) is 24.1. The first kappa shape index (κ1) is 27.0. The third kappa shape index (κ3) is 5.32. The summed E-state index contributed by atoms with van der Waals surface area (Å²) in [5, 5.41) is 2.67. The predicted molar refractivity (Wildman–Crippen MR) is 162 cm³/mol. The van der Waals surface area contributed by atoms with Crippen LogP contribution in [-0.2, 0) is 13.1 Å². The monoisotopic (exact) mass is 523 g/mol. The number of fused-ring (bicyclic) bond motifs is 3. The van der Waals surface area contributed by atoms with Gasteiger partial charge in [0, 0.05) is 49.7 Å². The Morgan fingerprint density at radius 1 is 1.08 bits per heavy atom. The first-order chi connectivity index (χ1) is 18.5. The van der Waals surface area contributed by atoms with Crippen LogP contribution in [0, 0.1) is 19.3 Å². The molecule has 6 heteroatoms. The van der Waals surface area contributed by atoms with Crippen molar-refractivity contribution < 1.29 is 4.74 Å². The molecule has 0 radical (unpaired) electrons. The van der Waals surface area contributed by atoms with E-state index in [-0.39, 0.29) is 11.3 Å². The molecule has 0 saturated heterocycles. The van der Waals surface area contributed by atoms with Crippen LogP contribution in [0.25, 0.3) is 10.9 Å². The van der Waals surface area contributed by atoms with E-state index in [1.807, 2.05) is 37.5 Å². The van der Waals surface area contributed by atoms with Gasteiger partial charge < -0.3 is 15.5 Å². The van der Waals surface area contributed by atoms with E-state index in [4.69, 9.17) is 21.3 Å². The Kier molecular flexibility index (Phi) is 7.27. The van der Waals surface area contributed by atoms with Crippen LogP contribution in [-0.4, -0.2) is 30.1 Å². The molecule has 1 aromatic heterocycles. The van der Waals surface area contributed by atoms with E-state index in [0.29, 0.717) is 6.61 Å². The van der Waals surface area contributed by atoms with Crippen LogP contribution in [0.2, 0.25) is 0 Å². The zero-order chi connectivity index (χ0) is 27.9. The minimum atomic E-state index is -0.0119. The van der Waals surface area contributed by atoms with Gasteiger partial charge in [-0.15, -0.1) is 0 Å². The first-order valence-corrected chi connectivity index (χ1v) is 13.7. The van der Waals surface area contributed by atoms with Crippen LogP contribution in [0.15, 0.2) is 60.8 Å². The molecular formula is C33H41N5O. The van der Waals surface area contributed by atoms with Crippen LogP contribution in [0.1, 0.15) is 60.1 Å². The van der Waals surface area contributed by atoms with Crippen molar-refractivity contribution >= 4 is 22.3 Å². The quantitative estimate of drug-likeness (QED) is 0.181. The highest BCUT2D eigenvalue weighted by Crippen LogP contribution is 2.44. The summed E-state index contributed by atoms with van der Waals surface area (Å²) < 4.78 is 6.27. The highest BCUT2D eigenvalue weighted by atomic mass is 16.5. The van der Waals surface area contributed by atoms with Gasteiger partial charge in [0.2, 0.25) is 0 Å². The Morgan fingerprint density at radius 3 is 2.59 bits per heavy atom. The largest absolute Gasteiger partial charge is 0.491 e. The fourth-order valence-electron chi connectivity index (χ4n) is 5.95. The van der Waals surface area contributed by atoms with Gasteiger partial charge >= 0.3 is 0 Å². The second-order valence-electron chi connectivity index (χ2n) is 12.0. The van der Waals surface area contributed by atoms with E-state index in [0.717, 1.165) is 58.8 Å². The molecule has 4 N–H and O–H groups in total. The van der Waals surface area contributed by atoms with E-state index >= 15 is 0 Å². The molecule has 1 atom stereocenters. The lowest BCUT2D eigenvalue weighted by Crippen LogP contribution is -2.27. The lowest BCUT2D eigenvalue weighted by atomic mass is 9.71. The minimum Gasteiger partial charge on any atom is -0.491 e. The van der Waals surface area contributed by atoms with Crippen LogP contribution in [0.3, 0.4) is 0 Å².